The molecule has 2 aromatic rings. The summed E-state index contributed by atoms with van der Waals surface area (Å²) in [6.45, 7) is 5.37. The van der Waals surface area contributed by atoms with Crippen molar-refractivity contribution < 1.29 is 19.1 Å². The van der Waals surface area contributed by atoms with E-state index < -0.39 is 17.9 Å². The van der Waals surface area contributed by atoms with Crippen LogP contribution < -0.4 is 20.9 Å². The highest BCUT2D eigenvalue weighted by Crippen LogP contribution is 2.28. The lowest BCUT2D eigenvalue weighted by atomic mass is 10.1. The summed E-state index contributed by atoms with van der Waals surface area (Å²) in [5.41, 5.74) is 7.07. The van der Waals surface area contributed by atoms with Gasteiger partial charge in [0.1, 0.15) is 5.75 Å². The zero-order valence-electron chi connectivity index (χ0n) is 16.5. The highest BCUT2D eigenvalue weighted by Gasteiger charge is 2.18. The Kier molecular flexibility index (Phi) is 8.21. The molecular formula is C21H24BrN3O4. The van der Waals surface area contributed by atoms with Gasteiger partial charge in [-0.05, 0) is 56.2 Å². The van der Waals surface area contributed by atoms with Gasteiger partial charge in [0.2, 0.25) is 11.8 Å². The van der Waals surface area contributed by atoms with Crippen LogP contribution in [0.15, 0.2) is 46.9 Å². The fraction of sp³-hybridized carbons (Fsp3) is 0.286. The highest BCUT2D eigenvalue weighted by molar-refractivity contribution is 9.10. The first kappa shape index (κ1) is 22.4. The third kappa shape index (κ3) is 7.23. The molecule has 0 fully saturated rings. The lowest BCUT2D eigenvalue weighted by molar-refractivity contribution is -0.133. The van der Waals surface area contributed by atoms with Crippen molar-refractivity contribution in [3.05, 3.63) is 58.1 Å². The summed E-state index contributed by atoms with van der Waals surface area (Å²) < 4.78 is 6.67. The first-order chi connectivity index (χ1) is 13.8. The summed E-state index contributed by atoms with van der Waals surface area (Å²) in [5.74, 6) is -0.617. The number of para-hydroxylation sites is 1. The average molecular weight is 462 g/mol. The Morgan fingerprint density at radius 1 is 0.966 bits per heavy atom. The zero-order chi connectivity index (χ0) is 21.4. The van der Waals surface area contributed by atoms with Crippen LogP contribution in [-0.2, 0) is 14.4 Å². The van der Waals surface area contributed by atoms with Crippen LogP contribution in [0.4, 0.5) is 5.69 Å². The minimum absolute atomic E-state index is 0.0000653. The van der Waals surface area contributed by atoms with Gasteiger partial charge in [-0.15, -0.1) is 0 Å². The molecule has 0 spiro atoms. The molecule has 0 radical (unpaired) electrons. The van der Waals surface area contributed by atoms with Crippen LogP contribution in [-0.4, -0.2) is 23.8 Å². The molecule has 3 amide bonds. The number of nitrogens with one attached hydrogen (secondary N) is 3. The molecule has 0 aromatic heterocycles. The third-order valence-corrected chi connectivity index (χ3v) is 4.51. The van der Waals surface area contributed by atoms with Crippen LogP contribution in [0.2, 0.25) is 0 Å². The van der Waals surface area contributed by atoms with Gasteiger partial charge in [-0.3, -0.25) is 25.2 Å². The maximum absolute atomic E-state index is 12.2. The highest BCUT2D eigenvalue weighted by atomic mass is 79.9. The van der Waals surface area contributed by atoms with E-state index in [9.17, 15) is 14.4 Å². The monoisotopic (exact) mass is 461 g/mol. The van der Waals surface area contributed by atoms with E-state index in [4.69, 9.17) is 4.74 Å². The number of hydrazine groups is 1. The molecule has 29 heavy (non-hydrogen) atoms. The van der Waals surface area contributed by atoms with E-state index in [1.165, 1.54) is 0 Å². The van der Waals surface area contributed by atoms with Gasteiger partial charge in [0, 0.05) is 23.0 Å². The van der Waals surface area contributed by atoms with Gasteiger partial charge in [-0.2, -0.15) is 0 Å². The summed E-state index contributed by atoms with van der Waals surface area (Å²) >= 11 is 3.42. The minimum Gasteiger partial charge on any atom is -0.480 e. The van der Waals surface area contributed by atoms with E-state index in [1.54, 1.807) is 31.2 Å². The van der Waals surface area contributed by atoms with Crippen molar-refractivity contribution in [3.8, 4) is 5.75 Å². The molecule has 8 heteroatoms. The first-order valence-electron chi connectivity index (χ1n) is 9.13. The normalized spacial score (nSPS) is 11.3. The molecule has 0 aliphatic heterocycles. The lowest BCUT2D eigenvalue weighted by Gasteiger charge is -2.18. The number of hydrogen-bond donors (Lipinski definition) is 3. The van der Waals surface area contributed by atoms with Crippen molar-refractivity contribution in [2.75, 3.05) is 5.32 Å². The Hall–Kier alpha value is -2.87. The number of carbonyl (C=O) groups excluding carboxylic acids is 3. The van der Waals surface area contributed by atoms with E-state index in [1.807, 2.05) is 32.0 Å². The smallest absolute Gasteiger partial charge is 0.279 e. The molecule has 0 saturated heterocycles. The number of hydrogen-bond acceptors (Lipinski definition) is 4. The van der Waals surface area contributed by atoms with Crippen molar-refractivity contribution in [1.29, 1.82) is 0 Å². The molecule has 0 heterocycles. The second kappa shape index (κ2) is 10.6. The Balaban J connectivity index is 1.75. The predicted octanol–water partition coefficient (Wildman–Crippen LogP) is 3.40. The van der Waals surface area contributed by atoms with Crippen molar-refractivity contribution in [2.24, 2.45) is 0 Å². The summed E-state index contributed by atoms with van der Waals surface area (Å²) in [4.78, 5) is 35.9. The maximum atomic E-state index is 12.2. The van der Waals surface area contributed by atoms with Gasteiger partial charge in [-0.25, -0.2) is 0 Å². The Morgan fingerprint density at radius 3 is 2.17 bits per heavy atom. The quantitative estimate of drug-likeness (QED) is 0.550. The fourth-order valence-corrected chi connectivity index (χ4v) is 3.27. The standard InChI is InChI=1S/C21H24BrN3O4/c1-13-11-16(22)12-14(2)20(13)29-15(3)21(28)25-24-19(27)10-9-18(26)23-17-7-5-4-6-8-17/h4-8,11-12,15H,9-10H2,1-3H3,(H,23,26)(H,24,27)(H,25,28). The largest absolute Gasteiger partial charge is 0.480 e. The molecule has 154 valence electrons. The van der Waals surface area contributed by atoms with E-state index >= 15 is 0 Å². The first-order valence-corrected chi connectivity index (χ1v) is 9.92. The molecule has 1 atom stereocenters. The van der Waals surface area contributed by atoms with Gasteiger partial charge in [0.05, 0.1) is 0 Å². The van der Waals surface area contributed by atoms with E-state index in [2.05, 4.69) is 32.1 Å². The number of amides is 3. The number of ether oxygens (including phenoxy) is 1. The second-order valence-electron chi connectivity index (χ2n) is 6.58. The minimum atomic E-state index is -0.810. The van der Waals surface area contributed by atoms with Crippen molar-refractivity contribution >= 4 is 39.3 Å². The topological polar surface area (TPSA) is 96.5 Å². The van der Waals surface area contributed by atoms with Crippen LogP contribution in [0.5, 0.6) is 5.75 Å². The van der Waals surface area contributed by atoms with E-state index in [0.717, 1.165) is 15.6 Å². The van der Waals surface area contributed by atoms with Crippen LogP contribution in [0, 0.1) is 13.8 Å². The Morgan fingerprint density at radius 2 is 1.55 bits per heavy atom. The molecule has 0 aliphatic carbocycles. The molecule has 1 unspecified atom stereocenters. The zero-order valence-corrected chi connectivity index (χ0v) is 18.1. The van der Waals surface area contributed by atoms with Crippen LogP contribution in [0.3, 0.4) is 0 Å². The van der Waals surface area contributed by atoms with Gasteiger partial charge >= 0.3 is 0 Å². The number of carbonyl (C=O) groups is 3. The lowest BCUT2D eigenvalue weighted by Crippen LogP contribution is -2.47. The molecule has 3 N–H and O–H groups in total. The molecule has 7 nitrogen and oxygen atoms in total. The predicted molar refractivity (Wildman–Crippen MR) is 114 cm³/mol. The molecule has 0 bridgehead atoms. The fourth-order valence-electron chi connectivity index (χ4n) is 2.58. The molecule has 2 rings (SSSR count). The molecule has 0 aliphatic rings. The second-order valence-corrected chi connectivity index (χ2v) is 7.50. The van der Waals surface area contributed by atoms with Gasteiger partial charge < -0.3 is 10.1 Å². The van der Waals surface area contributed by atoms with Crippen LogP contribution in [0.1, 0.15) is 30.9 Å². The van der Waals surface area contributed by atoms with Gasteiger partial charge in [0.15, 0.2) is 6.10 Å². The Labute approximate surface area is 178 Å². The van der Waals surface area contributed by atoms with E-state index in [0.29, 0.717) is 11.4 Å². The molecule has 2 aromatic carbocycles. The number of aryl methyl sites for hydroxylation is 2. The van der Waals surface area contributed by atoms with Crippen molar-refractivity contribution in [3.63, 3.8) is 0 Å². The SMILES string of the molecule is Cc1cc(Br)cc(C)c1OC(C)C(=O)NNC(=O)CCC(=O)Nc1ccccc1. The summed E-state index contributed by atoms with van der Waals surface area (Å²) in [5, 5.41) is 2.69. The summed E-state index contributed by atoms with van der Waals surface area (Å²) in [6.07, 6.45) is -0.866. The number of rotatable bonds is 7. The van der Waals surface area contributed by atoms with Crippen LogP contribution in [0.25, 0.3) is 0 Å². The summed E-state index contributed by atoms with van der Waals surface area (Å²) in [7, 11) is 0. The van der Waals surface area contributed by atoms with Crippen molar-refractivity contribution in [2.45, 2.75) is 39.7 Å². The summed E-state index contributed by atoms with van der Waals surface area (Å²) in [6, 6.07) is 12.8. The van der Waals surface area contributed by atoms with Crippen molar-refractivity contribution in [1.82, 2.24) is 10.9 Å². The number of anilines is 1. The molecule has 0 saturated carbocycles. The van der Waals surface area contributed by atoms with Crippen LogP contribution >= 0.6 is 15.9 Å². The third-order valence-electron chi connectivity index (χ3n) is 4.05. The number of halogens is 1. The van der Waals surface area contributed by atoms with E-state index in [-0.39, 0.29) is 18.7 Å². The maximum Gasteiger partial charge on any atom is 0.279 e. The van der Waals surface area contributed by atoms with Gasteiger partial charge in [-0.1, -0.05) is 34.1 Å². The average Bonchev–Trinajstić information content (AvgIpc) is 2.67. The Bertz CT molecular complexity index is 864. The number of benzene rings is 2. The molecular weight excluding hydrogens is 438 g/mol. The van der Waals surface area contributed by atoms with Gasteiger partial charge in [0.25, 0.3) is 5.91 Å².